The van der Waals surface area contributed by atoms with Gasteiger partial charge in [0.25, 0.3) is 0 Å². The Morgan fingerprint density at radius 1 is 1.57 bits per heavy atom. The van der Waals surface area contributed by atoms with Gasteiger partial charge in [0.05, 0.1) is 12.8 Å². The molecular formula is C11H14ClNO. The summed E-state index contributed by atoms with van der Waals surface area (Å²) in [4.78, 5) is 4.04. The number of halogens is 1. The van der Waals surface area contributed by atoms with Gasteiger partial charge < -0.3 is 4.74 Å². The molecule has 76 valence electrons. The average Bonchev–Trinajstić information content (AvgIpc) is 2.08. The molecule has 2 rings (SSSR count). The Bertz CT molecular complexity index is 323. The van der Waals surface area contributed by atoms with E-state index in [1.54, 1.807) is 6.20 Å². The van der Waals surface area contributed by atoms with E-state index in [0.717, 1.165) is 23.8 Å². The van der Waals surface area contributed by atoms with Crippen LogP contribution in [0.25, 0.3) is 0 Å². The molecule has 0 N–H and O–H groups in total. The molecule has 0 radical (unpaired) electrons. The van der Waals surface area contributed by atoms with Crippen LogP contribution in [-0.2, 0) is 0 Å². The summed E-state index contributed by atoms with van der Waals surface area (Å²) in [6.07, 6.45) is 5.65. The van der Waals surface area contributed by atoms with Crippen LogP contribution in [0, 0.1) is 12.8 Å². The number of aryl methyl sites for hydroxylation is 1. The van der Waals surface area contributed by atoms with Crippen LogP contribution in [0.2, 0.25) is 5.15 Å². The SMILES string of the molecule is Cc1cc(OCC2CCC2)cnc1Cl. The van der Waals surface area contributed by atoms with Gasteiger partial charge in [-0.05, 0) is 37.3 Å². The second-order valence-electron chi connectivity index (χ2n) is 3.89. The Kier molecular flexibility index (Phi) is 2.92. The van der Waals surface area contributed by atoms with Crippen LogP contribution in [0.4, 0.5) is 0 Å². The highest BCUT2D eigenvalue weighted by Gasteiger charge is 2.17. The zero-order valence-electron chi connectivity index (χ0n) is 8.29. The average molecular weight is 212 g/mol. The van der Waals surface area contributed by atoms with Crippen molar-refractivity contribution >= 4 is 11.6 Å². The molecule has 1 aromatic rings. The predicted octanol–water partition coefficient (Wildman–Crippen LogP) is 3.22. The van der Waals surface area contributed by atoms with E-state index in [4.69, 9.17) is 16.3 Å². The Balaban J connectivity index is 1.91. The standard InChI is InChI=1S/C11H14ClNO/c1-8-5-10(6-13-11(8)12)14-7-9-3-2-4-9/h5-6,9H,2-4,7H2,1H3. The number of hydrogen-bond acceptors (Lipinski definition) is 2. The van der Waals surface area contributed by atoms with Gasteiger partial charge in [-0.1, -0.05) is 18.0 Å². The van der Waals surface area contributed by atoms with Crippen LogP contribution < -0.4 is 4.74 Å². The molecule has 0 atom stereocenters. The summed E-state index contributed by atoms with van der Waals surface area (Å²) in [7, 11) is 0. The predicted molar refractivity (Wildman–Crippen MR) is 56.8 cm³/mol. The van der Waals surface area contributed by atoms with E-state index < -0.39 is 0 Å². The van der Waals surface area contributed by atoms with Crippen LogP contribution in [0.3, 0.4) is 0 Å². The number of rotatable bonds is 3. The van der Waals surface area contributed by atoms with E-state index in [2.05, 4.69) is 4.98 Å². The van der Waals surface area contributed by atoms with Gasteiger partial charge in [0.1, 0.15) is 10.9 Å². The number of nitrogens with zero attached hydrogens (tertiary/aromatic N) is 1. The Hall–Kier alpha value is -0.760. The summed E-state index contributed by atoms with van der Waals surface area (Å²) < 4.78 is 5.62. The second-order valence-corrected chi connectivity index (χ2v) is 4.24. The zero-order valence-corrected chi connectivity index (χ0v) is 9.05. The molecule has 0 aromatic carbocycles. The van der Waals surface area contributed by atoms with Gasteiger partial charge in [0.15, 0.2) is 0 Å². The third-order valence-corrected chi connectivity index (χ3v) is 3.10. The molecule has 1 aliphatic carbocycles. The monoisotopic (exact) mass is 211 g/mol. The van der Waals surface area contributed by atoms with Gasteiger partial charge >= 0.3 is 0 Å². The van der Waals surface area contributed by atoms with Crippen molar-refractivity contribution in [2.75, 3.05) is 6.61 Å². The van der Waals surface area contributed by atoms with E-state index in [9.17, 15) is 0 Å². The summed E-state index contributed by atoms with van der Waals surface area (Å²) in [6.45, 7) is 2.76. The molecule has 1 saturated carbocycles. The molecule has 0 bridgehead atoms. The van der Waals surface area contributed by atoms with Crippen molar-refractivity contribution in [1.82, 2.24) is 4.98 Å². The van der Waals surface area contributed by atoms with Gasteiger partial charge in [-0.15, -0.1) is 0 Å². The van der Waals surface area contributed by atoms with Crippen molar-refractivity contribution in [3.8, 4) is 5.75 Å². The fraction of sp³-hybridized carbons (Fsp3) is 0.545. The van der Waals surface area contributed by atoms with Crippen molar-refractivity contribution in [3.05, 3.63) is 23.0 Å². The fourth-order valence-electron chi connectivity index (χ4n) is 1.48. The Labute approximate surface area is 89.3 Å². The first-order valence-electron chi connectivity index (χ1n) is 5.00. The third-order valence-electron chi connectivity index (χ3n) is 2.70. The number of aromatic nitrogens is 1. The first-order chi connectivity index (χ1) is 6.75. The summed E-state index contributed by atoms with van der Waals surface area (Å²) in [5, 5.41) is 0.556. The molecule has 0 unspecified atom stereocenters. The van der Waals surface area contributed by atoms with Gasteiger partial charge in [0.2, 0.25) is 0 Å². The maximum atomic E-state index is 5.82. The minimum Gasteiger partial charge on any atom is -0.492 e. The van der Waals surface area contributed by atoms with Crippen molar-refractivity contribution in [3.63, 3.8) is 0 Å². The highest BCUT2D eigenvalue weighted by molar-refractivity contribution is 6.30. The molecule has 14 heavy (non-hydrogen) atoms. The number of hydrogen-bond donors (Lipinski definition) is 0. The van der Waals surface area contributed by atoms with Gasteiger partial charge in [-0.2, -0.15) is 0 Å². The van der Waals surface area contributed by atoms with E-state index in [0.29, 0.717) is 5.15 Å². The van der Waals surface area contributed by atoms with Crippen molar-refractivity contribution < 1.29 is 4.74 Å². The summed E-state index contributed by atoms with van der Waals surface area (Å²) in [5.74, 6) is 1.59. The van der Waals surface area contributed by atoms with Crippen LogP contribution in [-0.4, -0.2) is 11.6 Å². The minimum atomic E-state index is 0.556. The minimum absolute atomic E-state index is 0.556. The van der Waals surface area contributed by atoms with Crippen LogP contribution in [0.15, 0.2) is 12.3 Å². The molecule has 0 saturated heterocycles. The summed E-state index contributed by atoms with van der Waals surface area (Å²) in [5.41, 5.74) is 0.970. The molecule has 0 amide bonds. The van der Waals surface area contributed by atoms with Gasteiger partial charge in [0, 0.05) is 0 Å². The first kappa shape index (κ1) is 9.78. The quantitative estimate of drug-likeness (QED) is 0.717. The highest BCUT2D eigenvalue weighted by atomic mass is 35.5. The van der Waals surface area contributed by atoms with Crippen molar-refractivity contribution in [2.45, 2.75) is 26.2 Å². The zero-order chi connectivity index (χ0) is 9.97. The fourth-order valence-corrected chi connectivity index (χ4v) is 1.59. The van der Waals surface area contributed by atoms with Gasteiger partial charge in [-0.25, -0.2) is 4.98 Å². The molecule has 0 spiro atoms. The normalized spacial score (nSPS) is 16.4. The highest BCUT2D eigenvalue weighted by Crippen LogP contribution is 2.27. The smallest absolute Gasteiger partial charge is 0.137 e. The lowest BCUT2D eigenvalue weighted by molar-refractivity contribution is 0.180. The van der Waals surface area contributed by atoms with Crippen LogP contribution in [0.1, 0.15) is 24.8 Å². The lowest BCUT2D eigenvalue weighted by atomic mass is 9.86. The van der Waals surface area contributed by atoms with Gasteiger partial charge in [-0.3, -0.25) is 0 Å². The molecule has 1 aliphatic rings. The van der Waals surface area contributed by atoms with Crippen molar-refractivity contribution in [2.24, 2.45) is 5.92 Å². The third kappa shape index (κ3) is 2.18. The molecule has 1 aromatic heterocycles. The van der Waals surface area contributed by atoms with Crippen LogP contribution >= 0.6 is 11.6 Å². The van der Waals surface area contributed by atoms with Crippen LogP contribution in [0.5, 0.6) is 5.75 Å². The Morgan fingerprint density at radius 2 is 2.36 bits per heavy atom. The topological polar surface area (TPSA) is 22.1 Å². The summed E-state index contributed by atoms with van der Waals surface area (Å²) >= 11 is 5.82. The maximum Gasteiger partial charge on any atom is 0.137 e. The van der Waals surface area contributed by atoms with E-state index in [1.807, 2.05) is 13.0 Å². The number of ether oxygens (including phenoxy) is 1. The number of pyridine rings is 1. The molecule has 3 heteroatoms. The Morgan fingerprint density at radius 3 is 2.93 bits per heavy atom. The summed E-state index contributed by atoms with van der Waals surface area (Å²) in [6, 6.07) is 1.94. The van der Waals surface area contributed by atoms with Crippen molar-refractivity contribution in [1.29, 1.82) is 0 Å². The largest absolute Gasteiger partial charge is 0.492 e. The second kappa shape index (κ2) is 4.18. The molecule has 0 aliphatic heterocycles. The molecule has 1 heterocycles. The molecule has 2 nitrogen and oxygen atoms in total. The molecular weight excluding hydrogens is 198 g/mol. The lowest BCUT2D eigenvalue weighted by Gasteiger charge is -2.25. The van der Waals surface area contributed by atoms with E-state index in [-0.39, 0.29) is 0 Å². The first-order valence-corrected chi connectivity index (χ1v) is 5.38. The maximum absolute atomic E-state index is 5.82. The molecule has 1 fully saturated rings. The van der Waals surface area contributed by atoms with E-state index >= 15 is 0 Å². The lowest BCUT2D eigenvalue weighted by Crippen LogP contribution is -2.19. The van der Waals surface area contributed by atoms with E-state index in [1.165, 1.54) is 19.3 Å².